The van der Waals surface area contributed by atoms with Crippen molar-refractivity contribution >= 4 is 5.97 Å². The first-order valence-corrected chi connectivity index (χ1v) is 6.63. The van der Waals surface area contributed by atoms with E-state index in [9.17, 15) is 9.90 Å². The van der Waals surface area contributed by atoms with Gasteiger partial charge >= 0.3 is 5.97 Å². The Balaban J connectivity index is 2.09. The standard InChI is InChI=1S/C15H21NO3/c1-15(14(17)18)8-5-9-16(11-15)10-12-6-3-4-7-13(12)19-2/h3-4,6-7H,5,8-11H2,1-2H3,(H,17,18). The lowest BCUT2D eigenvalue weighted by molar-refractivity contribution is -0.151. The van der Waals surface area contributed by atoms with Gasteiger partial charge in [0.05, 0.1) is 12.5 Å². The zero-order chi connectivity index (χ0) is 13.9. The summed E-state index contributed by atoms with van der Waals surface area (Å²) in [7, 11) is 1.66. The number of hydrogen-bond acceptors (Lipinski definition) is 3. The molecule has 1 aromatic rings. The Bertz CT molecular complexity index is 460. The second-order valence-electron chi connectivity index (χ2n) is 5.49. The molecule has 0 spiro atoms. The molecule has 1 aliphatic heterocycles. The molecule has 19 heavy (non-hydrogen) atoms. The molecule has 4 heteroatoms. The molecule has 1 heterocycles. The van der Waals surface area contributed by atoms with Crippen molar-refractivity contribution in [3.8, 4) is 5.75 Å². The van der Waals surface area contributed by atoms with Crippen LogP contribution in [0.25, 0.3) is 0 Å². The van der Waals surface area contributed by atoms with Crippen LogP contribution in [0.2, 0.25) is 0 Å². The molecule has 4 nitrogen and oxygen atoms in total. The van der Waals surface area contributed by atoms with Crippen LogP contribution in [-0.4, -0.2) is 36.2 Å². The highest BCUT2D eigenvalue weighted by atomic mass is 16.5. The summed E-state index contributed by atoms with van der Waals surface area (Å²) >= 11 is 0. The molecule has 1 aromatic carbocycles. The highest BCUT2D eigenvalue weighted by molar-refractivity contribution is 5.74. The molecule has 0 amide bonds. The molecule has 1 unspecified atom stereocenters. The van der Waals surface area contributed by atoms with E-state index in [2.05, 4.69) is 4.90 Å². The molecular formula is C15H21NO3. The van der Waals surface area contributed by atoms with Gasteiger partial charge in [-0.2, -0.15) is 0 Å². The van der Waals surface area contributed by atoms with E-state index in [0.29, 0.717) is 6.54 Å². The topological polar surface area (TPSA) is 49.8 Å². The third kappa shape index (κ3) is 3.07. The largest absolute Gasteiger partial charge is 0.496 e. The number of ether oxygens (including phenoxy) is 1. The van der Waals surface area contributed by atoms with Crippen LogP contribution >= 0.6 is 0 Å². The van der Waals surface area contributed by atoms with Gasteiger partial charge in [-0.1, -0.05) is 18.2 Å². The number of aliphatic carboxylic acids is 1. The summed E-state index contributed by atoms with van der Waals surface area (Å²) < 4.78 is 5.34. The number of carbonyl (C=O) groups is 1. The number of para-hydroxylation sites is 1. The van der Waals surface area contributed by atoms with Gasteiger partial charge in [0.25, 0.3) is 0 Å². The first-order valence-electron chi connectivity index (χ1n) is 6.63. The molecule has 104 valence electrons. The first-order chi connectivity index (χ1) is 9.05. The smallest absolute Gasteiger partial charge is 0.310 e. The summed E-state index contributed by atoms with van der Waals surface area (Å²) in [4.78, 5) is 13.5. The minimum absolute atomic E-state index is 0.598. The Labute approximate surface area is 114 Å². The van der Waals surface area contributed by atoms with Crippen LogP contribution in [0.15, 0.2) is 24.3 Å². The Hall–Kier alpha value is -1.55. The quantitative estimate of drug-likeness (QED) is 0.906. The molecule has 0 aliphatic carbocycles. The molecule has 1 aliphatic rings. The van der Waals surface area contributed by atoms with Crippen molar-refractivity contribution in [2.75, 3.05) is 20.2 Å². The summed E-state index contributed by atoms with van der Waals surface area (Å²) in [5.74, 6) is 0.169. The number of carboxylic acids is 1. The van der Waals surface area contributed by atoms with Gasteiger partial charge in [0.1, 0.15) is 5.75 Å². The number of nitrogens with zero attached hydrogens (tertiary/aromatic N) is 1. The highest BCUT2D eigenvalue weighted by Gasteiger charge is 2.37. The van der Waals surface area contributed by atoms with Crippen molar-refractivity contribution < 1.29 is 14.6 Å². The van der Waals surface area contributed by atoms with Crippen LogP contribution in [0.4, 0.5) is 0 Å². The molecule has 0 radical (unpaired) electrons. The van der Waals surface area contributed by atoms with E-state index >= 15 is 0 Å². The minimum atomic E-state index is -0.697. The predicted molar refractivity (Wildman–Crippen MR) is 73.2 cm³/mol. The number of methoxy groups -OCH3 is 1. The molecule has 1 saturated heterocycles. The molecule has 1 atom stereocenters. The van der Waals surface area contributed by atoms with E-state index in [1.165, 1.54) is 0 Å². The van der Waals surface area contributed by atoms with E-state index in [4.69, 9.17) is 4.74 Å². The van der Waals surface area contributed by atoms with E-state index in [1.807, 2.05) is 31.2 Å². The van der Waals surface area contributed by atoms with Crippen LogP contribution in [0, 0.1) is 5.41 Å². The summed E-state index contributed by atoms with van der Waals surface area (Å²) in [6.07, 6.45) is 1.68. The van der Waals surface area contributed by atoms with Crippen LogP contribution < -0.4 is 4.74 Å². The third-order valence-electron chi connectivity index (χ3n) is 3.88. The number of hydrogen-bond donors (Lipinski definition) is 1. The zero-order valence-corrected chi connectivity index (χ0v) is 11.6. The van der Waals surface area contributed by atoms with Gasteiger partial charge in [0, 0.05) is 18.7 Å². The number of rotatable bonds is 4. The number of piperidine rings is 1. The number of likely N-dealkylation sites (tertiary alicyclic amines) is 1. The van der Waals surface area contributed by atoms with E-state index < -0.39 is 11.4 Å². The summed E-state index contributed by atoms with van der Waals surface area (Å²) in [5.41, 5.74) is 0.486. The Morgan fingerprint density at radius 1 is 1.47 bits per heavy atom. The molecule has 1 fully saturated rings. The molecule has 1 N–H and O–H groups in total. The average molecular weight is 263 g/mol. The molecule has 0 saturated carbocycles. The maximum Gasteiger partial charge on any atom is 0.310 e. The maximum absolute atomic E-state index is 11.3. The molecular weight excluding hydrogens is 242 g/mol. The first kappa shape index (κ1) is 13.9. The van der Waals surface area contributed by atoms with Gasteiger partial charge in [0.2, 0.25) is 0 Å². The van der Waals surface area contributed by atoms with Crippen molar-refractivity contribution in [2.24, 2.45) is 5.41 Å². The molecule has 0 aromatic heterocycles. The minimum Gasteiger partial charge on any atom is -0.496 e. The Morgan fingerprint density at radius 3 is 2.89 bits per heavy atom. The zero-order valence-electron chi connectivity index (χ0n) is 11.6. The lowest BCUT2D eigenvalue weighted by Crippen LogP contribution is -2.45. The predicted octanol–water partition coefficient (Wildman–Crippen LogP) is 2.38. The Kier molecular flexibility index (Phi) is 4.10. The van der Waals surface area contributed by atoms with Gasteiger partial charge in [0.15, 0.2) is 0 Å². The SMILES string of the molecule is COc1ccccc1CN1CCCC(C)(C(=O)O)C1. The van der Waals surface area contributed by atoms with E-state index in [0.717, 1.165) is 37.2 Å². The van der Waals surface area contributed by atoms with Gasteiger partial charge < -0.3 is 9.84 Å². The fourth-order valence-electron chi connectivity index (χ4n) is 2.73. The van der Waals surface area contributed by atoms with Crippen molar-refractivity contribution in [3.63, 3.8) is 0 Å². The molecule has 0 bridgehead atoms. The van der Waals surface area contributed by atoms with Crippen molar-refractivity contribution in [1.82, 2.24) is 4.90 Å². The second kappa shape index (κ2) is 5.61. The molecule has 2 rings (SSSR count). The summed E-state index contributed by atoms with van der Waals surface area (Å²) in [6, 6.07) is 7.90. The van der Waals surface area contributed by atoms with Crippen LogP contribution in [0.1, 0.15) is 25.3 Å². The van der Waals surface area contributed by atoms with Crippen molar-refractivity contribution in [2.45, 2.75) is 26.3 Å². The van der Waals surface area contributed by atoms with Gasteiger partial charge in [-0.15, -0.1) is 0 Å². The average Bonchev–Trinajstić information content (AvgIpc) is 2.39. The van der Waals surface area contributed by atoms with E-state index in [-0.39, 0.29) is 0 Å². The lowest BCUT2D eigenvalue weighted by atomic mass is 9.82. The number of benzene rings is 1. The third-order valence-corrected chi connectivity index (χ3v) is 3.88. The van der Waals surface area contributed by atoms with Crippen molar-refractivity contribution in [1.29, 1.82) is 0 Å². The fourth-order valence-corrected chi connectivity index (χ4v) is 2.73. The van der Waals surface area contributed by atoms with Crippen LogP contribution in [0.3, 0.4) is 0 Å². The lowest BCUT2D eigenvalue weighted by Gasteiger charge is -2.37. The number of carboxylic acid groups (broad SMARTS) is 1. The summed E-state index contributed by atoms with van der Waals surface area (Å²) in [5, 5.41) is 9.33. The fraction of sp³-hybridized carbons (Fsp3) is 0.533. The van der Waals surface area contributed by atoms with Gasteiger partial charge in [-0.05, 0) is 32.4 Å². The maximum atomic E-state index is 11.3. The van der Waals surface area contributed by atoms with Gasteiger partial charge in [-0.3, -0.25) is 9.69 Å². The highest BCUT2D eigenvalue weighted by Crippen LogP contribution is 2.31. The normalized spacial score (nSPS) is 24.1. The van der Waals surface area contributed by atoms with Gasteiger partial charge in [-0.25, -0.2) is 0 Å². The van der Waals surface area contributed by atoms with Crippen LogP contribution in [0.5, 0.6) is 5.75 Å². The second-order valence-corrected chi connectivity index (χ2v) is 5.49. The Morgan fingerprint density at radius 2 is 2.21 bits per heavy atom. The van der Waals surface area contributed by atoms with Crippen LogP contribution in [-0.2, 0) is 11.3 Å². The summed E-state index contributed by atoms with van der Waals surface area (Å²) in [6.45, 7) is 4.12. The van der Waals surface area contributed by atoms with Crippen molar-refractivity contribution in [3.05, 3.63) is 29.8 Å². The van der Waals surface area contributed by atoms with E-state index in [1.54, 1.807) is 7.11 Å². The monoisotopic (exact) mass is 263 g/mol.